The number of carbonyl (C=O) groups is 3. The Labute approximate surface area is 280 Å². The zero-order chi connectivity index (χ0) is 34.0. The molecule has 3 amide bonds. The van der Waals surface area contributed by atoms with Crippen LogP contribution < -0.4 is 20.7 Å². The van der Waals surface area contributed by atoms with Crippen molar-refractivity contribution in [3.8, 4) is 5.75 Å². The van der Waals surface area contributed by atoms with Gasteiger partial charge in [-0.25, -0.2) is 4.79 Å². The quantitative estimate of drug-likeness (QED) is 0.252. The molecule has 6 atom stereocenters. The van der Waals surface area contributed by atoms with E-state index >= 15 is 0 Å². The van der Waals surface area contributed by atoms with Crippen molar-refractivity contribution in [2.45, 2.75) is 96.6 Å². The van der Waals surface area contributed by atoms with Crippen molar-refractivity contribution in [2.24, 2.45) is 17.8 Å². The number of alkyl carbamates (subject to hydrolysis) is 1. The Bertz CT molecular complexity index is 1300. The Kier molecular flexibility index (Phi) is 13.1. The number of fused-ring (bicyclic) bond motifs is 1. The smallest absolute Gasteiger partial charge is 0.407 e. The van der Waals surface area contributed by atoms with Gasteiger partial charge >= 0.3 is 6.09 Å². The van der Waals surface area contributed by atoms with Gasteiger partial charge in [0.15, 0.2) is 0 Å². The van der Waals surface area contributed by atoms with Crippen molar-refractivity contribution in [3.63, 3.8) is 0 Å². The van der Waals surface area contributed by atoms with E-state index in [-0.39, 0.29) is 43.1 Å². The van der Waals surface area contributed by atoms with Gasteiger partial charge < -0.3 is 30.5 Å². The molecule has 47 heavy (non-hydrogen) atoms. The molecule has 4 unspecified atom stereocenters. The van der Waals surface area contributed by atoms with Crippen LogP contribution in [0.25, 0.3) is 0 Å². The highest BCUT2D eigenvalue weighted by Gasteiger charge is 2.41. The standard InChI is InChI=1S/C37H54N4O6/c1-25(21-38-36(45)47-24-27-15-17-30(46-5)18-16-27)34(43)39-31(19-26-11-7-6-8-12-26)33(42)23-41-22-29-14-10-9-13-28(29)20-32(41)35(44)40-37(2,3)4/h6-8,11-12,15-18,25,28-29,31-33,42H,9-10,13-14,19-24H2,1-5H3,(H,38,45)(H,39,43)(H,40,44)/t25?,28?,29?,31-,32-,33?/m0/s1. The van der Waals surface area contributed by atoms with Crippen LogP contribution in [0.15, 0.2) is 54.6 Å². The lowest BCUT2D eigenvalue weighted by molar-refractivity contribution is -0.133. The molecule has 4 N–H and O–H groups in total. The highest BCUT2D eigenvalue weighted by molar-refractivity contribution is 5.82. The number of hydrogen-bond acceptors (Lipinski definition) is 7. The highest BCUT2D eigenvalue weighted by atomic mass is 16.5. The summed E-state index contributed by atoms with van der Waals surface area (Å²) >= 11 is 0. The third-order valence-corrected chi connectivity index (χ3v) is 9.34. The van der Waals surface area contributed by atoms with E-state index in [1.54, 1.807) is 26.2 Å². The zero-order valence-corrected chi connectivity index (χ0v) is 28.7. The average molecular weight is 651 g/mol. The third-order valence-electron chi connectivity index (χ3n) is 9.34. The summed E-state index contributed by atoms with van der Waals surface area (Å²) < 4.78 is 10.5. The number of likely N-dealkylation sites (tertiary alicyclic amines) is 1. The van der Waals surface area contributed by atoms with Gasteiger partial charge in [-0.3, -0.25) is 14.5 Å². The van der Waals surface area contributed by atoms with E-state index in [1.165, 1.54) is 12.8 Å². The number of methoxy groups -OCH3 is 1. The van der Waals surface area contributed by atoms with Crippen LogP contribution in [0, 0.1) is 17.8 Å². The molecule has 10 heteroatoms. The van der Waals surface area contributed by atoms with Gasteiger partial charge in [0.2, 0.25) is 11.8 Å². The van der Waals surface area contributed by atoms with E-state index in [9.17, 15) is 19.5 Å². The largest absolute Gasteiger partial charge is 0.497 e. The summed E-state index contributed by atoms with van der Waals surface area (Å²) in [7, 11) is 1.59. The van der Waals surface area contributed by atoms with E-state index in [4.69, 9.17) is 9.47 Å². The third kappa shape index (κ3) is 11.2. The van der Waals surface area contributed by atoms with Gasteiger partial charge in [0.1, 0.15) is 12.4 Å². The first-order chi connectivity index (χ1) is 22.4. The molecule has 2 fully saturated rings. The number of piperidine rings is 1. The van der Waals surface area contributed by atoms with Gasteiger partial charge in [-0.15, -0.1) is 0 Å². The fourth-order valence-corrected chi connectivity index (χ4v) is 6.72. The number of aliphatic hydroxyl groups excluding tert-OH is 1. The molecule has 1 heterocycles. The number of amides is 3. The van der Waals surface area contributed by atoms with E-state index < -0.39 is 24.2 Å². The van der Waals surface area contributed by atoms with Crippen LogP contribution in [0.4, 0.5) is 4.79 Å². The molecule has 2 aliphatic rings. The van der Waals surface area contributed by atoms with Crippen molar-refractivity contribution in [3.05, 3.63) is 65.7 Å². The van der Waals surface area contributed by atoms with Crippen LogP contribution in [0.3, 0.4) is 0 Å². The monoisotopic (exact) mass is 650 g/mol. The Morgan fingerprint density at radius 1 is 0.979 bits per heavy atom. The van der Waals surface area contributed by atoms with E-state index in [1.807, 2.05) is 63.2 Å². The van der Waals surface area contributed by atoms with Crippen molar-refractivity contribution in [2.75, 3.05) is 26.7 Å². The minimum Gasteiger partial charge on any atom is -0.497 e. The number of nitrogens with one attached hydrogen (secondary N) is 3. The first-order valence-electron chi connectivity index (χ1n) is 17.0. The molecule has 0 spiro atoms. The minimum atomic E-state index is -0.918. The summed E-state index contributed by atoms with van der Waals surface area (Å²) in [6, 6.07) is 16.1. The molecule has 258 valence electrons. The number of aliphatic hydroxyl groups is 1. The topological polar surface area (TPSA) is 129 Å². The summed E-state index contributed by atoms with van der Waals surface area (Å²) in [5.41, 5.74) is 1.44. The Hall–Kier alpha value is -3.63. The van der Waals surface area contributed by atoms with E-state index in [0.29, 0.717) is 24.0 Å². The molecule has 0 radical (unpaired) electrons. The lowest BCUT2D eigenvalue weighted by Crippen LogP contribution is -2.60. The van der Waals surface area contributed by atoms with Crippen LogP contribution in [0.2, 0.25) is 0 Å². The molecule has 2 aromatic rings. The van der Waals surface area contributed by atoms with Crippen LogP contribution >= 0.6 is 0 Å². The second-order valence-electron chi connectivity index (χ2n) is 14.3. The maximum atomic E-state index is 13.5. The first-order valence-corrected chi connectivity index (χ1v) is 17.0. The molecule has 0 aromatic heterocycles. The fourth-order valence-electron chi connectivity index (χ4n) is 6.72. The Morgan fingerprint density at radius 2 is 1.66 bits per heavy atom. The first kappa shape index (κ1) is 36.2. The molecule has 4 rings (SSSR count). The minimum absolute atomic E-state index is 0.00376. The molecular formula is C37H54N4O6. The molecule has 1 saturated heterocycles. The zero-order valence-electron chi connectivity index (χ0n) is 28.7. The summed E-state index contributed by atoms with van der Waals surface area (Å²) in [6.07, 6.45) is 4.37. The molecule has 10 nitrogen and oxygen atoms in total. The van der Waals surface area contributed by atoms with Crippen molar-refractivity contribution in [1.29, 1.82) is 0 Å². The molecule has 0 bridgehead atoms. The Balaban J connectivity index is 1.38. The van der Waals surface area contributed by atoms with Gasteiger partial charge in [-0.1, -0.05) is 68.7 Å². The Morgan fingerprint density at radius 3 is 2.32 bits per heavy atom. The lowest BCUT2D eigenvalue weighted by Gasteiger charge is -2.47. The molecule has 1 aliphatic carbocycles. The maximum absolute atomic E-state index is 13.5. The van der Waals surface area contributed by atoms with Crippen molar-refractivity contribution < 1.29 is 29.0 Å². The normalized spacial score (nSPS) is 21.8. The predicted octanol–water partition coefficient (Wildman–Crippen LogP) is 4.44. The number of hydrogen-bond donors (Lipinski definition) is 4. The van der Waals surface area contributed by atoms with E-state index in [0.717, 1.165) is 36.9 Å². The van der Waals surface area contributed by atoms with Gasteiger partial charge in [-0.05, 0) is 75.1 Å². The highest BCUT2D eigenvalue weighted by Crippen LogP contribution is 2.39. The summed E-state index contributed by atoms with van der Waals surface area (Å²) in [4.78, 5) is 41.4. The summed E-state index contributed by atoms with van der Waals surface area (Å²) in [5, 5.41) is 20.6. The number of rotatable bonds is 13. The second kappa shape index (κ2) is 17.0. The second-order valence-corrected chi connectivity index (χ2v) is 14.3. The van der Waals surface area contributed by atoms with Gasteiger partial charge in [0, 0.05) is 25.2 Å². The van der Waals surface area contributed by atoms with Gasteiger partial charge in [0.25, 0.3) is 0 Å². The summed E-state index contributed by atoms with van der Waals surface area (Å²) in [6.45, 7) is 8.88. The van der Waals surface area contributed by atoms with Crippen LogP contribution in [0.1, 0.15) is 70.9 Å². The van der Waals surface area contributed by atoms with Crippen LogP contribution in [0.5, 0.6) is 5.75 Å². The average Bonchev–Trinajstić information content (AvgIpc) is 3.05. The molecule has 1 aliphatic heterocycles. The SMILES string of the molecule is COc1ccc(COC(=O)NCC(C)C(=O)N[C@@H](Cc2ccccc2)C(O)CN2CC3CCCCC3C[C@H]2C(=O)NC(C)(C)C)cc1. The molecule has 1 saturated carbocycles. The summed E-state index contributed by atoms with van der Waals surface area (Å²) in [5.74, 6) is 0.881. The molecule has 2 aromatic carbocycles. The number of β-amino-alcohol motifs (C(OH)–C–C–N with tert-alkyl or cyclic N) is 1. The van der Waals surface area contributed by atoms with Gasteiger partial charge in [0.05, 0.1) is 31.2 Å². The number of benzene rings is 2. The van der Waals surface area contributed by atoms with Gasteiger partial charge in [-0.2, -0.15) is 0 Å². The van der Waals surface area contributed by atoms with Crippen LogP contribution in [-0.2, 0) is 27.4 Å². The van der Waals surface area contributed by atoms with Crippen LogP contribution in [-0.4, -0.2) is 78.4 Å². The number of carbonyl (C=O) groups excluding carboxylic acids is 3. The van der Waals surface area contributed by atoms with Crippen molar-refractivity contribution >= 4 is 17.9 Å². The number of ether oxygens (including phenoxy) is 2. The predicted molar refractivity (Wildman–Crippen MR) is 182 cm³/mol. The van der Waals surface area contributed by atoms with E-state index in [2.05, 4.69) is 20.9 Å². The fraction of sp³-hybridized carbons (Fsp3) is 0.595. The number of nitrogens with zero attached hydrogens (tertiary/aromatic N) is 1. The molecular weight excluding hydrogens is 596 g/mol. The maximum Gasteiger partial charge on any atom is 0.407 e. The lowest BCUT2D eigenvalue weighted by atomic mass is 9.72. The van der Waals surface area contributed by atoms with Crippen molar-refractivity contribution in [1.82, 2.24) is 20.9 Å².